The van der Waals surface area contributed by atoms with E-state index in [9.17, 15) is 14.8 Å². The van der Waals surface area contributed by atoms with Crippen LogP contribution < -0.4 is 17.0 Å². The van der Waals surface area contributed by atoms with Crippen LogP contribution in [0.2, 0.25) is 36.3 Å². The topological polar surface area (TPSA) is 141 Å². The number of oxime groups is 1. The zero-order chi connectivity index (χ0) is 27.0. The Labute approximate surface area is 209 Å². The number of rotatable bonds is 7. The highest BCUT2D eigenvalue weighted by Crippen LogP contribution is 2.44. The minimum Gasteiger partial charge on any atom is -0.414 e. The molecule has 0 radical (unpaired) electrons. The van der Waals surface area contributed by atoms with E-state index in [1.165, 1.54) is 22.9 Å². The molecule has 1 fully saturated rings. The van der Waals surface area contributed by atoms with Gasteiger partial charge in [-0.2, -0.15) is 0 Å². The van der Waals surface area contributed by atoms with Gasteiger partial charge >= 0.3 is 5.69 Å². The molecule has 1 aromatic rings. The minimum absolute atomic E-state index is 0.0205. The fourth-order valence-corrected chi connectivity index (χ4v) is 5.38. The van der Waals surface area contributed by atoms with Crippen LogP contribution in [0.5, 0.6) is 0 Å². The van der Waals surface area contributed by atoms with Crippen molar-refractivity contribution in [2.24, 2.45) is 10.9 Å². The van der Waals surface area contributed by atoms with Crippen LogP contribution in [0.25, 0.3) is 0 Å². The number of amidine groups is 1. The second-order valence-electron chi connectivity index (χ2n) is 12.1. The molecule has 35 heavy (non-hydrogen) atoms. The van der Waals surface area contributed by atoms with Crippen molar-refractivity contribution in [1.29, 1.82) is 0 Å². The number of hydrogen-bond donors (Lipinski definition) is 3. The van der Waals surface area contributed by atoms with E-state index in [1.807, 2.05) is 0 Å². The van der Waals surface area contributed by atoms with Gasteiger partial charge < -0.3 is 24.5 Å². The normalized spacial score (nSPS) is 23.8. The number of ether oxygens (including phenoxy) is 1. The summed E-state index contributed by atoms with van der Waals surface area (Å²) in [5.74, 6) is -0.112. The Kier molecular flexibility index (Phi) is 8.49. The predicted molar refractivity (Wildman–Crippen MR) is 142 cm³/mol. The molecule has 0 spiro atoms. The quantitative estimate of drug-likeness (QED) is 0.162. The molecule has 10 nitrogen and oxygen atoms in total. The van der Waals surface area contributed by atoms with Gasteiger partial charge in [0.2, 0.25) is 0 Å². The van der Waals surface area contributed by atoms with Gasteiger partial charge in [0.05, 0.1) is 6.61 Å². The summed E-state index contributed by atoms with van der Waals surface area (Å²) in [5, 5.41) is 12.2. The number of aromatic amines is 1. The molecule has 1 aliphatic heterocycles. The van der Waals surface area contributed by atoms with Gasteiger partial charge in [-0.3, -0.25) is 14.3 Å². The van der Waals surface area contributed by atoms with Crippen LogP contribution in [0.4, 0.5) is 0 Å². The standard InChI is InChI=1S/C23H42N4O6Si2/c1-22(2,3)34(7,8)31-14-16-15(13-17(24)26-30)19(33-35(9,10)23(4,5)6)20(32-16)27-12-11-18(28)25-21(27)29/h11-13,16,19-20,30H,14H2,1-10H3,(H2,24,26)(H,25,28,29)/b15-13+. The molecule has 4 N–H and O–H groups in total. The first-order valence-electron chi connectivity index (χ1n) is 11.8. The number of nitrogens with zero attached hydrogens (tertiary/aromatic N) is 2. The molecule has 1 aliphatic rings. The third kappa shape index (κ3) is 6.61. The summed E-state index contributed by atoms with van der Waals surface area (Å²) in [6, 6.07) is 1.26. The van der Waals surface area contributed by atoms with E-state index in [0.29, 0.717) is 5.57 Å². The molecule has 198 valence electrons. The summed E-state index contributed by atoms with van der Waals surface area (Å²) in [6.07, 6.45) is 0.718. The maximum absolute atomic E-state index is 12.7. The maximum atomic E-state index is 12.7. The fourth-order valence-electron chi connectivity index (χ4n) is 3.14. The summed E-state index contributed by atoms with van der Waals surface area (Å²) in [6.45, 7) is 21.5. The summed E-state index contributed by atoms with van der Waals surface area (Å²) in [7, 11) is -4.51. The van der Waals surface area contributed by atoms with E-state index >= 15 is 0 Å². The molecular formula is C23H42N4O6Si2. The van der Waals surface area contributed by atoms with Crippen molar-refractivity contribution in [3.8, 4) is 0 Å². The van der Waals surface area contributed by atoms with Crippen molar-refractivity contribution < 1.29 is 18.8 Å². The number of aromatic nitrogens is 2. The van der Waals surface area contributed by atoms with Crippen molar-refractivity contribution in [1.82, 2.24) is 9.55 Å². The summed E-state index contributed by atoms with van der Waals surface area (Å²) in [5.41, 5.74) is 5.39. The molecule has 3 atom stereocenters. The Morgan fingerprint density at radius 1 is 1.17 bits per heavy atom. The van der Waals surface area contributed by atoms with E-state index in [2.05, 4.69) is 77.9 Å². The van der Waals surface area contributed by atoms with Gasteiger partial charge in [-0.05, 0) is 47.9 Å². The number of nitrogens with two attached hydrogens (primary N) is 1. The van der Waals surface area contributed by atoms with Gasteiger partial charge in [0.15, 0.2) is 28.7 Å². The van der Waals surface area contributed by atoms with Crippen LogP contribution in [0.1, 0.15) is 47.8 Å². The smallest absolute Gasteiger partial charge is 0.330 e. The molecular weight excluding hydrogens is 484 g/mol. The lowest BCUT2D eigenvalue weighted by Crippen LogP contribution is -2.47. The lowest BCUT2D eigenvalue weighted by Gasteiger charge is -2.39. The largest absolute Gasteiger partial charge is 0.414 e. The van der Waals surface area contributed by atoms with Crippen LogP contribution in [0.3, 0.4) is 0 Å². The Morgan fingerprint density at radius 2 is 1.74 bits per heavy atom. The zero-order valence-electron chi connectivity index (χ0n) is 22.6. The third-order valence-corrected chi connectivity index (χ3v) is 16.4. The Balaban J connectivity index is 2.62. The molecule has 0 saturated carbocycles. The number of hydrogen-bond acceptors (Lipinski definition) is 7. The van der Waals surface area contributed by atoms with Crippen molar-refractivity contribution in [2.45, 2.75) is 96.2 Å². The van der Waals surface area contributed by atoms with Gasteiger partial charge in [0.1, 0.15) is 12.2 Å². The lowest BCUT2D eigenvalue weighted by molar-refractivity contribution is -0.0483. The van der Waals surface area contributed by atoms with Crippen LogP contribution in [-0.2, 0) is 13.6 Å². The first kappa shape index (κ1) is 29.2. The third-order valence-electron chi connectivity index (χ3n) is 7.45. The van der Waals surface area contributed by atoms with E-state index < -0.39 is 46.3 Å². The van der Waals surface area contributed by atoms with Gasteiger partial charge in [-0.25, -0.2) is 4.79 Å². The fraction of sp³-hybridized carbons (Fsp3) is 0.696. The monoisotopic (exact) mass is 526 g/mol. The summed E-state index contributed by atoms with van der Waals surface area (Å²) >= 11 is 0. The van der Waals surface area contributed by atoms with E-state index in [-0.39, 0.29) is 22.5 Å². The molecule has 1 aromatic heterocycles. The van der Waals surface area contributed by atoms with Gasteiger partial charge in [0, 0.05) is 12.3 Å². The van der Waals surface area contributed by atoms with Crippen molar-refractivity contribution in [2.75, 3.05) is 6.61 Å². The highest BCUT2D eigenvalue weighted by Gasteiger charge is 2.49. The first-order valence-corrected chi connectivity index (χ1v) is 17.6. The summed E-state index contributed by atoms with van der Waals surface area (Å²) in [4.78, 5) is 26.7. The Morgan fingerprint density at radius 3 is 2.23 bits per heavy atom. The van der Waals surface area contributed by atoms with Gasteiger partial charge in [-0.15, -0.1) is 0 Å². The predicted octanol–water partition coefficient (Wildman–Crippen LogP) is 3.52. The molecule has 2 rings (SSSR count). The molecule has 3 unspecified atom stereocenters. The first-order chi connectivity index (χ1) is 15.8. The second kappa shape index (κ2) is 10.2. The minimum atomic E-state index is -2.38. The molecule has 12 heteroatoms. The summed E-state index contributed by atoms with van der Waals surface area (Å²) < 4.78 is 20.9. The molecule has 2 heterocycles. The van der Waals surface area contributed by atoms with Crippen LogP contribution in [0.15, 0.2) is 38.7 Å². The highest BCUT2D eigenvalue weighted by molar-refractivity contribution is 6.74. The van der Waals surface area contributed by atoms with E-state index in [4.69, 9.17) is 19.3 Å². The zero-order valence-corrected chi connectivity index (χ0v) is 24.6. The highest BCUT2D eigenvalue weighted by atomic mass is 28.4. The lowest BCUT2D eigenvalue weighted by atomic mass is 10.1. The second-order valence-corrected chi connectivity index (χ2v) is 21.6. The molecule has 0 amide bonds. The van der Waals surface area contributed by atoms with Crippen molar-refractivity contribution in [3.05, 3.63) is 44.8 Å². The average Bonchev–Trinajstić information content (AvgIpc) is 3.01. The molecule has 0 aromatic carbocycles. The van der Waals surface area contributed by atoms with Crippen LogP contribution in [-0.4, -0.2) is 56.0 Å². The Hall–Kier alpha value is -2.00. The van der Waals surface area contributed by atoms with Crippen molar-refractivity contribution >= 4 is 22.5 Å². The number of nitrogens with one attached hydrogen (secondary N) is 1. The average molecular weight is 527 g/mol. The van der Waals surface area contributed by atoms with E-state index in [1.54, 1.807) is 0 Å². The van der Waals surface area contributed by atoms with E-state index in [0.717, 1.165) is 0 Å². The number of H-pyrrole nitrogens is 1. The molecule has 1 saturated heterocycles. The SMILES string of the molecule is CC(C)(C)[Si](C)(C)OCC1OC(n2ccc(=O)[nH]c2=O)C(O[Si](C)(C)C(C)(C)C)/C1=C/C(N)=N/O. The van der Waals surface area contributed by atoms with Crippen LogP contribution in [0, 0.1) is 0 Å². The molecule has 0 bridgehead atoms. The van der Waals surface area contributed by atoms with Gasteiger partial charge in [-0.1, -0.05) is 46.7 Å². The molecule has 0 aliphatic carbocycles. The van der Waals surface area contributed by atoms with Gasteiger partial charge in [0.25, 0.3) is 5.56 Å². The maximum Gasteiger partial charge on any atom is 0.330 e. The van der Waals surface area contributed by atoms with Crippen molar-refractivity contribution in [3.63, 3.8) is 0 Å². The van der Waals surface area contributed by atoms with Crippen LogP contribution >= 0.6 is 0 Å². The Bertz CT molecular complexity index is 1080.